The van der Waals surface area contributed by atoms with Gasteiger partial charge in [-0.2, -0.15) is 0 Å². The maximum absolute atomic E-state index is 11.7. The number of allylic oxidation sites excluding steroid dienone is 1. The molecule has 0 aliphatic heterocycles. The van der Waals surface area contributed by atoms with Gasteiger partial charge < -0.3 is 15.5 Å². The first-order chi connectivity index (χ1) is 15.2. The van der Waals surface area contributed by atoms with Crippen molar-refractivity contribution in [3.63, 3.8) is 0 Å². The van der Waals surface area contributed by atoms with Gasteiger partial charge in [0.15, 0.2) is 0 Å². The van der Waals surface area contributed by atoms with Gasteiger partial charge in [0.1, 0.15) is 0 Å². The van der Waals surface area contributed by atoms with Gasteiger partial charge in [0, 0.05) is 6.54 Å². The first kappa shape index (κ1) is 24.3. The standard InChI is InChI=1S/C28H47NO3/c1-5-29-26(32)9-7-6-8-18(2)22-12-13-23-21-11-10-19-16-20(30)14-15-27(19,3)24(21)17-25(31)28(22,23)4/h7,9,18-25,30-31H,5-6,8,10-17H2,1-4H3,(H,29,32)/t18-,19-,20-,21+,22-,23+,24+,25?,27+,28-/m1/s1. The molecule has 32 heavy (non-hydrogen) atoms. The molecule has 0 aromatic carbocycles. The van der Waals surface area contributed by atoms with Crippen LogP contribution in [-0.2, 0) is 4.79 Å². The van der Waals surface area contributed by atoms with E-state index in [1.165, 1.54) is 25.7 Å². The summed E-state index contributed by atoms with van der Waals surface area (Å²) in [7, 11) is 0. The molecule has 4 fully saturated rings. The predicted molar refractivity (Wildman–Crippen MR) is 129 cm³/mol. The Morgan fingerprint density at radius 1 is 1.09 bits per heavy atom. The minimum atomic E-state index is -0.211. The van der Waals surface area contributed by atoms with E-state index in [1.807, 2.05) is 13.0 Å². The number of likely N-dealkylation sites (N-methyl/N-ethyl adjacent to an activating group) is 1. The van der Waals surface area contributed by atoms with Gasteiger partial charge >= 0.3 is 0 Å². The van der Waals surface area contributed by atoms with Gasteiger partial charge in [0.2, 0.25) is 5.91 Å². The van der Waals surface area contributed by atoms with Crippen LogP contribution in [0.4, 0.5) is 0 Å². The number of carbonyl (C=O) groups is 1. The summed E-state index contributed by atoms with van der Waals surface area (Å²) in [6, 6.07) is 0. The average molecular weight is 446 g/mol. The Hall–Kier alpha value is -0.870. The van der Waals surface area contributed by atoms with E-state index in [4.69, 9.17) is 0 Å². The lowest BCUT2D eigenvalue weighted by Crippen LogP contribution is -2.58. The smallest absolute Gasteiger partial charge is 0.243 e. The zero-order chi connectivity index (χ0) is 23.1. The lowest BCUT2D eigenvalue weighted by molar-refractivity contribution is -0.174. The highest BCUT2D eigenvalue weighted by molar-refractivity contribution is 5.87. The molecule has 1 amide bonds. The molecular weight excluding hydrogens is 398 g/mol. The van der Waals surface area contributed by atoms with E-state index in [1.54, 1.807) is 6.08 Å². The van der Waals surface area contributed by atoms with Gasteiger partial charge in [-0.3, -0.25) is 4.79 Å². The van der Waals surface area contributed by atoms with Crippen molar-refractivity contribution < 1.29 is 15.0 Å². The second-order valence-electron chi connectivity index (χ2n) is 12.2. The third-order valence-corrected chi connectivity index (χ3v) is 10.9. The number of aliphatic hydroxyl groups excluding tert-OH is 2. The summed E-state index contributed by atoms with van der Waals surface area (Å²) in [5.41, 5.74) is 0.333. The van der Waals surface area contributed by atoms with E-state index < -0.39 is 0 Å². The molecule has 10 atom stereocenters. The molecule has 0 radical (unpaired) electrons. The molecule has 182 valence electrons. The topological polar surface area (TPSA) is 69.6 Å². The quantitative estimate of drug-likeness (QED) is 0.499. The molecule has 4 nitrogen and oxygen atoms in total. The summed E-state index contributed by atoms with van der Waals surface area (Å²) >= 11 is 0. The third-order valence-electron chi connectivity index (χ3n) is 10.9. The molecule has 0 spiro atoms. The van der Waals surface area contributed by atoms with Crippen molar-refractivity contribution in [3.8, 4) is 0 Å². The van der Waals surface area contributed by atoms with E-state index >= 15 is 0 Å². The highest BCUT2D eigenvalue weighted by Crippen LogP contribution is 2.68. The van der Waals surface area contributed by atoms with Crippen molar-refractivity contribution in [2.75, 3.05) is 6.54 Å². The zero-order valence-corrected chi connectivity index (χ0v) is 20.9. The van der Waals surface area contributed by atoms with Gasteiger partial charge in [-0.15, -0.1) is 0 Å². The fraction of sp³-hybridized carbons (Fsp3) is 0.893. The van der Waals surface area contributed by atoms with Crippen molar-refractivity contribution in [3.05, 3.63) is 12.2 Å². The summed E-state index contributed by atoms with van der Waals surface area (Å²) in [5, 5.41) is 24.7. The lowest BCUT2D eigenvalue weighted by atomic mass is 9.43. The van der Waals surface area contributed by atoms with Gasteiger partial charge in [-0.25, -0.2) is 0 Å². The van der Waals surface area contributed by atoms with Gasteiger partial charge in [-0.05, 0) is 124 Å². The first-order valence-corrected chi connectivity index (χ1v) is 13.5. The number of nitrogens with one attached hydrogen (secondary N) is 1. The van der Waals surface area contributed by atoms with Gasteiger partial charge in [0.05, 0.1) is 12.2 Å². The maximum atomic E-state index is 11.7. The summed E-state index contributed by atoms with van der Waals surface area (Å²) in [6.45, 7) is 9.89. The number of hydrogen-bond acceptors (Lipinski definition) is 3. The molecule has 4 aliphatic carbocycles. The highest BCUT2D eigenvalue weighted by Gasteiger charge is 2.63. The Balaban J connectivity index is 1.44. The van der Waals surface area contributed by atoms with Crippen LogP contribution in [0.25, 0.3) is 0 Å². The number of rotatable bonds is 6. The first-order valence-electron chi connectivity index (χ1n) is 13.5. The van der Waals surface area contributed by atoms with Crippen LogP contribution in [0.5, 0.6) is 0 Å². The minimum absolute atomic E-state index is 0.00104. The van der Waals surface area contributed by atoms with Crippen molar-refractivity contribution in [2.45, 2.75) is 104 Å². The second-order valence-corrected chi connectivity index (χ2v) is 12.2. The van der Waals surface area contributed by atoms with Gasteiger partial charge in [0.25, 0.3) is 0 Å². The van der Waals surface area contributed by atoms with E-state index in [-0.39, 0.29) is 23.5 Å². The molecular formula is C28H47NO3. The Morgan fingerprint density at radius 3 is 2.62 bits per heavy atom. The Kier molecular flexibility index (Phi) is 7.13. The molecule has 0 aromatic heterocycles. The van der Waals surface area contributed by atoms with Crippen LogP contribution in [0.3, 0.4) is 0 Å². The highest BCUT2D eigenvalue weighted by atomic mass is 16.3. The monoisotopic (exact) mass is 445 g/mol. The van der Waals surface area contributed by atoms with Crippen molar-refractivity contribution in [1.82, 2.24) is 5.32 Å². The fourth-order valence-corrected chi connectivity index (χ4v) is 9.14. The average Bonchev–Trinajstić information content (AvgIpc) is 3.11. The largest absolute Gasteiger partial charge is 0.393 e. The van der Waals surface area contributed by atoms with Crippen molar-refractivity contribution in [1.29, 1.82) is 0 Å². The van der Waals surface area contributed by atoms with Crippen LogP contribution < -0.4 is 5.32 Å². The lowest BCUT2D eigenvalue weighted by Gasteiger charge is -2.62. The molecule has 0 bridgehead atoms. The fourth-order valence-electron chi connectivity index (χ4n) is 9.14. The van der Waals surface area contributed by atoms with Crippen LogP contribution in [-0.4, -0.2) is 34.9 Å². The summed E-state index contributed by atoms with van der Waals surface area (Å²) in [4.78, 5) is 11.7. The maximum Gasteiger partial charge on any atom is 0.243 e. The molecule has 4 saturated carbocycles. The molecule has 4 heteroatoms. The van der Waals surface area contributed by atoms with Gasteiger partial charge in [-0.1, -0.05) is 26.8 Å². The van der Waals surface area contributed by atoms with Crippen LogP contribution in [0.1, 0.15) is 91.9 Å². The number of aliphatic hydroxyl groups is 2. The van der Waals surface area contributed by atoms with Crippen molar-refractivity contribution in [2.24, 2.45) is 46.3 Å². The van der Waals surface area contributed by atoms with Crippen LogP contribution >= 0.6 is 0 Å². The van der Waals surface area contributed by atoms with E-state index in [0.29, 0.717) is 41.5 Å². The molecule has 0 saturated heterocycles. The van der Waals surface area contributed by atoms with Crippen LogP contribution in [0, 0.1) is 46.3 Å². The van der Waals surface area contributed by atoms with Crippen molar-refractivity contribution >= 4 is 5.91 Å². The Labute approximate surface area is 195 Å². The zero-order valence-electron chi connectivity index (χ0n) is 20.9. The molecule has 3 N–H and O–H groups in total. The molecule has 4 rings (SSSR count). The molecule has 4 aliphatic rings. The minimum Gasteiger partial charge on any atom is -0.393 e. The Morgan fingerprint density at radius 2 is 1.88 bits per heavy atom. The second kappa shape index (κ2) is 9.41. The third kappa shape index (κ3) is 4.08. The normalized spacial score (nSPS) is 46.9. The number of fused-ring (bicyclic) bond motifs is 5. The van der Waals surface area contributed by atoms with E-state index in [9.17, 15) is 15.0 Å². The SMILES string of the molecule is CCNC(=O)C=CCC[C@@H](C)[C@H]1CC[C@H]2[C@@H]3CC[C@@H]4C[C@H](O)CC[C@]4(C)[C@H]3CC(O)[C@]12C. The number of carbonyl (C=O) groups excluding carboxylic acids is 1. The van der Waals surface area contributed by atoms with Crippen LogP contribution in [0.2, 0.25) is 0 Å². The summed E-state index contributed by atoms with van der Waals surface area (Å²) in [6.07, 6.45) is 14.5. The van der Waals surface area contributed by atoms with E-state index in [2.05, 4.69) is 26.1 Å². The predicted octanol–water partition coefficient (Wildman–Crippen LogP) is 5.09. The van der Waals surface area contributed by atoms with E-state index in [0.717, 1.165) is 44.4 Å². The molecule has 1 unspecified atom stereocenters. The molecule has 0 heterocycles. The Bertz CT molecular complexity index is 707. The summed E-state index contributed by atoms with van der Waals surface area (Å²) < 4.78 is 0. The van der Waals surface area contributed by atoms with Crippen LogP contribution in [0.15, 0.2) is 12.2 Å². The number of amides is 1. The number of hydrogen-bond donors (Lipinski definition) is 3. The summed E-state index contributed by atoms with van der Waals surface area (Å²) in [5.74, 6) is 3.77. The molecule has 0 aromatic rings.